The number of hydrogen-bond acceptors (Lipinski definition) is 3. The van der Waals surface area contributed by atoms with Crippen LogP contribution in [-0.2, 0) is 0 Å². The molecule has 1 heterocycles. The third-order valence-corrected chi connectivity index (χ3v) is 1.65. The minimum absolute atomic E-state index is 0.0463. The summed E-state index contributed by atoms with van der Waals surface area (Å²) in [6, 6.07) is 2.56. The van der Waals surface area contributed by atoms with Gasteiger partial charge in [-0.15, -0.1) is 0 Å². The van der Waals surface area contributed by atoms with Gasteiger partial charge >= 0.3 is 12.4 Å². The zero-order chi connectivity index (χ0) is 12.0. The van der Waals surface area contributed by atoms with Crippen molar-refractivity contribution < 1.29 is 19.2 Å². The molecule has 0 aliphatic carbocycles. The minimum atomic E-state index is -0.641. The van der Waals surface area contributed by atoms with Gasteiger partial charge in [-0.3, -0.25) is 14.6 Å². The molecule has 0 radical (unpaired) electrons. The fraction of sp³-hybridized carbons (Fsp3) is 0. The monoisotopic (exact) mass is 215 g/mol. The van der Waals surface area contributed by atoms with Gasteiger partial charge in [0.25, 0.3) is 11.6 Å². The van der Waals surface area contributed by atoms with Crippen molar-refractivity contribution in [3.63, 3.8) is 0 Å². The number of rotatable bonds is 4. The van der Waals surface area contributed by atoms with Crippen molar-refractivity contribution >= 4 is 24.0 Å². The maximum Gasteiger partial charge on any atom is 0.329 e. The average Bonchev–Trinajstić information content (AvgIpc) is 2.30. The van der Waals surface area contributed by atoms with Crippen LogP contribution in [0.2, 0.25) is 0 Å². The van der Waals surface area contributed by atoms with Crippen LogP contribution in [0.4, 0.5) is 0 Å². The number of nitrogens with zero attached hydrogens (tertiary/aromatic N) is 5. The Bertz CT molecular complexity index is 493. The van der Waals surface area contributed by atoms with E-state index in [-0.39, 0.29) is 11.3 Å². The van der Waals surface area contributed by atoms with E-state index in [2.05, 4.69) is 14.6 Å². The van der Waals surface area contributed by atoms with E-state index in [1.165, 1.54) is 18.3 Å². The molecule has 0 atom stereocenters. The number of carbonyl (C=O) groups is 2. The number of carbonyl (C=O) groups excluding carboxylic acids is 2. The molecule has 0 fully saturated rings. The lowest BCUT2D eigenvalue weighted by Gasteiger charge is -1.94. The Morgan fingerprint density at radius 3 is 2.44 bits per heavy atom. The smallest absolute Gasteiger partial charge is 0.329 e. The zero-order valence-electron chi connectivity index (χ0n) is 7.94. The third kappa shape index (κ3) is 2.62. The Balaban J connectivity index is 3.13. The topological polar surface area (TPSA) is 120 Å². The van der Waals surface area contributed by atoms with Crippen LogP contribution in [0.3, 0.4) is 0 Å². The molecule has 0 aliphatic heterocycles. The molecule has 1 rings (SSSR count). The lowest BCUT2D eigenvalue weighted by atomic mass is 10.1. The second-order valence-electron chi connectivity index (χ2n) is 2.65. The first-order chi connectivity index (χ1) is 7.69. The SMILES string of the molecule is [N-]=[N+]=CC(=O)c1ccnc(C(=O)C=[N+]=[N-])c1. The van der Waals surface area contributed by atoms with Crippen molar-refractivity contribution in [2.75, 3.05) is 0 Å². The van der Waals surface area contributed by atoms with Crippen LogP contribution in [0, 0.1) is 0 Å². The number of aromatic nitrogens is 1. The van der Waals surface area contributed by atoms with Crippen molar-refractivity contribution in [3.8, 4) is 0 Å². The van der Waals surface area contributed by atoms with Crippen LogP contribution in [-0.4, -0.2) is 38.6 Å². The molecule has 0 unspecified atom stereocenters. The molecule has 7 heteroatoms. The fourth-order valence-electron chi connectivity index (χ4n) is 0.964. The molecule has 0 spiro atoms. The van der Waals surface area contributed by atoms with Crippen LogP contribution in [0.25, 0.3) is 11.1 Å². The summed E-state index contributed by atoms with van der Waals surface area (Å²) in [6.07, 6.45) is 2.61. The van der Waals surface area contributed by atoms with E-state index < -0.39 is 11.6 Å². The molecule has 1 aromatic rings. The second-order valence-corrected chi connectivity index (χ2v) is 2.65. The highest BCUT2D eigenvalue weighted by Gasteiger charge is 2.13. The highest BCUT2D eigenvalue weighted by Crippen LogP contribution is 2.02. The maximum atomic E-state index is 11.2. The zero-order valence-corrected chi connectivity index (χ0v) is 7.94. The quantitative estimate of drug-likeness (QED) is 0.305. The van der Waals surface area contributed by atoms with Crippen molar-refractivity contribution in [2.45, 2.75) is 0 Å². The number of hydrogen-bond donors (Lipinski definition) is 0. The Labute approximate surface area is 89.6 Å². The van der Waals surface area contributed by atoms with E-state index in [1.54, 1.807) is 0 Å². The minimum Gasteiger partial charge on any atom is -0.361 e. The lowest BCUT2D eigenvalue weighted by molar-refractivity contribution is 0.00220. The standard InChI is InChI=1S/C9H5N5O2/c10-13-4-8(15)6-1-2-12-7(3-6)9(16)5-14-11/h1-5H. The van der Waals surface area contributed by atoms with Crippen LogP contribution in [0.1, 0.15) is 20.8 Å². The van der Waals surface area contributed by atoms with Gasteiger partial charge in [0.2, 0.25) is 0 Å². The molecule has 0 aromatic carbocycles. The van der Waals surface area contributed by atoms with Gasteiger partial charge in [0.1, 0.15) is 5.69 Å². The molecule has 78 valence electrons. The van der Waals surface area contributed by atoms with Crippen molar-refractivity contribution in [2.24, 2.45) is 0 Å². The molecule has 0 bridgehead atoms. The molecule has 0 saturated heterocycles. The van der Waals surface area contributed by atoms with Crippen LogP contribution in [0.5, 0.6) is 0 Å². The van der Waals surface area contributed by atoms with Gasteiger partial charge in [0.15, 0.2) is 0 Å². The van der Waals surface area contributed by atoms with E-state index in [0.29, 0.717) is 12.4 Å². The number of Topliss-reactive ketones (excluding diaryl/α,β-unsaturated/α-hetero) is 2. The Kier molecular flexibility index (Phi) is 3.69. The van der Waals surface area contributed by atoms with Crippen LogP contribution < -0.4 is 0 Å². The van der Waals surface area contributed by atoms with E-state index in [1.807, 2.05) is 0 Å². The summed E-state index contributed by atoms with van der Waals surface area (Å²) >= 11 is 0. The summed E-state index contributed by atoms with van der Waals surface area (Å²) < 4.78 is 0. The van der Waals surface area contributed by atoms with Gasteiger partial charge in [-0.25, -0.2) is 0 Å². The molecule has 1 aromatic heterocycles. The Morgan fingerprint density at radius 2 is 1.81 bits per heavy atom. The lowest BCUT2D eigenvalue weighted by Crippen LogP contribution is -2.08. The van der Waals surface area contributed by atoms with E-state index in [9.17, 15) is 9.59 Å². The number of pyridine rings is 1. The molecular weight excluding hydrogens is 210 g/mol. The van der Waals surface area contributed by atoms with Gasteiger partial charge in [0, 0.05) is 11.8 Å². The third-order valence-electron chi connectivity index (χ3n) is 1.65. The Hall–Kier alpha value is -2.75. The first-order valence-electron chi connectivity index (χ1n) is 4.08. The van der Waals surface area contributed by atoms with Crippen molar-refractivity contribution in [1.82, 2.24) is 4.98 Å². The highest BCUT2D eigenvalue weighted by molar-refractivity contribution is 6.35. The van der Waals surface area contributed by atoms with Crippen LogP contribution >= 0.6 is 0 Å². The van der Waals surface area contributed by atoms with Gasteiger partial charge in [-0.05, 0) is 12.1 Å². The van der Waals surface area contributed by atoms with E-state index in [4.69, 9.17) is 11.1 Å². The predicted molar refractivity (Wildman–Crippen MR) is 52.3 cm³/mol. The van der Waals surface area contributed by atoms with Gasteiger partial charge < -0.3 is 11.1 Å². The summed E-state index contributed by atoms with van der Waals surface area (Å²) in [5, 5.41) is 0. The molecule has 16 heavy (non-hydrogen) atoms. The van der Waals surface area contributed by atoms with E-state index >= 15 is 0 Å². The molecular formula is C9H5N5O2. The van der Waals surface area contributed by atoms with Gasteiger partial charge in [-0.1, -0.05) is 0 Å². The molecule has 0 N–H and O–H groups in total. The van der Waals surface area contributed by atoms with Gasteiger partial charge in [0.05, 0.1) is 0 Å². The molecule has 7 nitrogen and oxygen atoms in total. The molecule has 0 amide bonds. The average molecular weight is 215 g/mol. The largest absolute Gasteiger partial charge is 0.361 e. The van der Waals surface area contributed by atoms with E-state index in [0.717, 1.165) is 0 Å². The first-order valence-corrected chi connectivity index (χ1v) is 4.08. The Morgan fingerprint density at radius 1 is 1.19 bits per heavy atom. The number of ketones is 2. The summed E-state index contributed by atoms with van der Waals surface area (Å²) in [4.78, 5) is 31.3. The summed E-state index contributed by atoms with van der Waals surface area (Å²) in [6.45, 7) is 0. The maximum absolute atomic E-state index is 11.2. The first kappa shape index (κ1) is 11.3. The molecule has 0 saturated carbocycles. The van der Waals surface area contributed by atoms with Crippen molar-refractivity contribution in [3.05, 3.63) is 40.6 Å². The fourth-order valence-corrected chi connectivity index (χ4v) is 0.964. The normalized spacial score (nSPS) is 8.50. The predicted octanol–water partition coefficient (Wildman–Crippen LogP) is 0.0482. The second kappa shape index (κ2) is 5.21. The van der Waals surface area contributed by atoms with Crippen LogP contribution in [0.15, 0.2) is 18.3 Å². The van der Waals surface area contributed by atoms with Crippen molar-refractivity contribution in [1.29, 1.82) is 0 Å². The molecule has 0 aliphatic rings. The summed E-state index contributed by atoms with van der Waals surface area (Å²) in [5.74, 6) is -1.21. The van der Waals surface area contributed by atoms with Gasteiger partial charge in [-0.2, -0.15) is 9.58 Å². The highest BCUT2D eigenvalue weighted by atomic mass is 16.1. The summed E-state index contributed by atoms with van der Waals surface area (Å²) in [7, 11) is 0. The summed E-state index contributed by atoms with van der Waals surface area (Å²) in [5.41, 5.74) is 16.4.